The quantitative estimate of drug-likeness (QED) is 0.246. The molecule has 1 atom stereocenters. The fourth-order valence-electron chi connectivity index (χ4n) is 5.07. The molecule has 5 rings (SSSR count). The van der Waals surface area contributed by atoms with E-state index < -0.39 is 30.2 Å². The highest BCUT2D eigenvalue weighted by Crippen LogP contribution is 2.41. The summed E-state index contributed by atoms with van der Waals surface area (Å²) in [4.78, 5) is 14.3. The highest BCUT2D eigenvalue weighted by atomic mass is 19.3. The Morgan fingerprint density at radius 3 is 2.58 bits per heavy atom. The number of nitrogens with two attached hydrogens (primary N) is 2. The van der Waals surface area contributed by atoms with E-state index in [1.54, 1.807) is 29.2 Å². The van der Waals surface area contributed by atoms with Crippen molar-refractivity contribution in [1.82, 2.24) is 20.0 Å². The summed E-state index contributed by atoms with van der Waals surface area (Å²) in [6.07, 6.45) is 0.126. The van der Waals surface area contributed by atoms with Crippen LogP contribution in [0.2, 0.25) is 0 Å². The van der Waals surface area contributed by atoms with Gasteiger partial charge in [-0.05, 0) is 30.2 Å². The number of likely N-dealkylation sites (tertiary alicyclic amines) is 1. The maximum Gasteiger partial charge on any atom is 0.282 e. The normalized spacial score (nSPS) is 19.1. The van der Waals surface area contributed by atoms with Gasteiger partial charge in [-0.15, -0.1) is 0 Å². The van der Waals surface area contributed by atoms with E-state index in [0.717, 1.165) is 10.7 Å². The first kappa shape index (κ1) is 27.5. The highest BCUT2D eigenvalue weighted by Gasteiger charge is 2.49. The smallest absolute Gasteiger partial charge is 0.282 e. The topological polar surface area (TPSA) is 145 Å². The second-order valence-corrected chi connectivity index (χ2v) is 9.92. The summed E-state index contributed by atoms with van der Waals surface area (Å²) >= 11 is 0. The van der Waals surface area contributed by atoms with Gasteiger partial charge in [-0.25, -0.2) is 17.9 Å². The van der Waals surface area contributed by atoms with Crippen molar-refractivity contribution in [2.24, 2.45) is 5.73 Å². The number of hydrogen-bond acceptors (Lipinski definition) is 7. The summed E-state index contributed by atoms with van der Waals surface area (Å²) in [5.41, 5.74) is 13.7. The summed E-state index contributed by atoms with van der Waals surface area (Å²) < 4.78 is 55.6. The molecular weight excluding hydrogens is 527 g/mol. The third kappa shape index (κ3) is 5.21. The van der Waals surface area contributed by atoms with Crippen LogP contribution in [0.5, 0.6) is 5.75 Å². The van der Waals surface area contributed by atoms with Crippen LogP contribution in [0.25, 0.3) is 11.3 Å². The van der Waals surface area contributed by atoms with E-state index in [-0.39, 0.29) is 53.2 Å². The number of anilines is 1. The van der Waals surface area contributed by atoms with Gasteiger partial charge >= 0.3 is 0 Å². The molecule has 10 nitrogen and oxygen atoms in total. The largest absolute Gasteiger partial charge is 0.496 e. The number of aromatic nitrogens is 2. The predicted octanol–water partition coefficient (Wildman–Crippen LogP) is 2.77. The van der Waals surface area contributed by atoms with Crippen molar-refractivity contribution >= 4 is 17.6 Å². The predicted molar refractivity (Wildman–Crippen MR) is 142 cm³/mol. The lowest BCUT2D eigenvalue weighted by molar-refractivity contribution is -0.149. The van der Waals surface area contributed by atoms with Crippen LogP contribution in [-0.4, -0.2) is 71.8 Å². The fourth-order valence-corrected chi connectivity index (χ4v) is 5.07. The Bertz CT molecular complexity index is 1420. The number of amidine groups is 1. The number of benzene rings is 2. The van der Waals surface area contributed by atoms with Gasteiger partial charge in [0.15, 0.2) is 0 Å². The van der Waals surface area contributed by atoms with Crippen LogP contribution >= 0.6 is 0 Å². The molecule has 1 amide bonds. The molecular formula is C27H30F3N7O3. The first-order chi connectivity index (χ1) is 19.1. The molecule has 2 fully saturated rings. The Labute approximate surface area is 228 Å². The van der Waals surface area contributed by atoms with Gasteiger partial charge < -0.3 is 26.3 Å². The summed E-state index contributed by atoms with van der Waals surface area (Å²) in [6, 6.07) is 9.16. The van der Waals surface area contributed by atoms with Crippen molar-refractivity contribution in [3.8, 4) is 17.0 Å². The number of ether oxygens (including phenoxy) is 2. The first-order valence-electron chi connectivity index (χ1n) is 12.7. The summed E-state index contributed by atoms with van der Waals surface area (Å²) in [7, 11) is 1.39. The van der Waals surface area contributed by atoms with Crippen LogP contribution in [0.15, 0.2) is 42.5 Å². The molecule has 212 valence electrons. The average molecular weight is 558 g/mol. The number of hydrogen-bond donors (Lipinski definition) is 4. The van der Waals surface area contributed by atoms with Crippen LogP contribution in [0, 0.1) is 11.2 Å². The van der Waals surface area contributed by atoms with Crippen molar-refractivity contribution in [1.29, 1.82) is 5.41 Å². The molecule has 0 saturated carbocycles. The minimum Gasteiger partial charge on any atom is -0.496 e. The summed E-state index contributed by atoms with van der Waals surface area (Å²) in [6.45, 7) is 1.04. The first-order valence-corrected chi connectivity index (χ1v) is 12.7. The third-order valence-electron chi connectivity index (χ3n) is 7.33. The molecule has 0 radical (unpaired) electrons. The molecule has 0 aliphatic carbocycles. The zero-order valence-electron chi connectivity index (χ0n) is 21.8. The molecule has 2 aliphatic rings. The monoisotopic (exact) mass is 557 g/mol. The lowest BCUT2D eigenvalue weighted by Gasteiger charge is -2.44. The van der Waals surface area contributed by atoms with Crippen molar-refractivity contribution in [3.63, 3.8) is 0 Å². The van der Waals surface area contributed by atoms with Crippen LogP contribution in [0.1, 0.15) is 33.9 Å². The number of alkyl halides is 2. The number of nitrogen functional groups attached to an aromatic ring is 2. The Balaban J connectivity index is 1.34. The van der Waals surface area contributed by atoms with Crippen LogP contribution in [0.4, 0.5) is 19.0 Å². The molecule has 2 saturated heterocycles. The Hall–Kier alpha value is -4.10. The Kier molecular flexibility index (Phi) is 7.43. The number of carbonyl (C=O) groups is 1. The molecule has 3 heterocycles. The molecule has 13 heteroatoms. The SMILES string of the molecule is COc1ccc(F)cc1C(=O)NCc1ccc(-c2nn(C3CCN(C4COC4)CC3(F)F)c(N)c2C(=N)N)cc1. The van der Waals surface area contributed by atoms with E-state index in [0.29, 0.717) is 30.9 Å². The maximum absolute atomic E-state index is 15.3. The molecule has 1 unspecified atom stereocenters. The third-order valence-corrected chi connectivity index (χ3v) is 7.33. The van der Waals surface area contributed by atoms with Gasteiger partial charge in [0.05, 0.1) is 44.0 Å². The number of amides is 1. The summed E-state index contributed by atoms with van der Waals surface area (Å²) in [5, 5.41) is 15.2. The van der Waals surface area contributed by atoms with E-state index in [4.69, 9.17) is 26.4 Å². The van der Waals surface area contributed by atoms with Crippen LogP contribution in [-0.2, 0) is 11.3 Å². The van der Waals surface area contributed by atoms with Crippen LogP contribution in [0.3, 0.4) is 0 Å². The summed E-state index contributed by atoms with van der Waals surface area (Å²) in [5.74, 6) is -4.41. The second-order valence-electron chi connectivity index (χ2n) is 9.92. The zero-order chi connectivity index (χ0) is 28.6. The van der Waals surface area contributed by atoms with Gasteiger partial charge in [-0.1, -0.05) is 24.3 Å². The highest BCUT2D eigenvalue weighted by molar-refractivity contribution is 6.04. The number of rotatable bonds is 8. The Morgan fingerprint density at radius 1 is 1.25 bits per heavy atom. The van der Waals surface area contributed by atoms with Gasteiger partial charge in [-0.3, -0.25) is 15.1 Å². The zero-order valence-corrected chi connectivity index (χ0v) is 21.8. The fraction of sp³-hybridized carbons (Fsp3) is 0.370. The van der Waals surface area contributed by atoms with Gasteiger partial charge in [0.25, 0.3) is 11.8 Å². The minimum atomic E-state index is -3.11. The number of halogens is 3. The molecule has 2 aliphatic heterocycles. The van der Waals surface area contributed by atoms with E-state index in [2.05, 4.69) is 10.4 Å². The number of nitrogens with zero attached hydrogens (tertiary/aromatic N) is 3. The van der Waals surface area contributed by atoms with Gasteiger partial charge in [0.1, 0.15) is 35.0 Å². The van der Waals surface area contributed by atoms with Crippen molar-refractivity contribution in [2.45, 2.75) is 31.0 Å². The van der Waals surface area contributed by atoms with Crippen molar-refractivity contribution in [3.05, 3.63) is 65.0 Å². The minimum absolute atomic E-state index is 0.00989. The van der Waals surface area contributed by atoms with Gasteiger partial charge in [0, 0.05) is 18.7 Å². The standard InChI is InChI=1S/C27H30F3N7O3/c1-39-20-7-6-17(28)10-19(20)26(38)34-11-15-2-4-16(5-3-15)23-22(24(31)32)25(33)37(35-23)21-8-9-36(14-27(21,29)30)18-12-40-13-18/h2-7,10,18,21H,8-9,11-14,33H2,1H3,(H3,31,32)(H,34,38). The van der Waals surface area contributed by atoms with Gasteiger partial charge in [0.2, 0.25) is 0 Å². The number of piperidine rings is 1. The lowest BCUT2D eigenvalue weighted by Crippen LogP contribution is -2.58. The Morgan fingerprint density at radius 2 is 1.98 bits per heavy atom. The number of nitrogens with one attached hydrogen (secondary N) is 2. The molecule has 0 bridgehead atoms. The molecule has 40 heavy (non-hydrogen) atoms. The molecule has 0 spiro atoms. The van der Waals surface area contributed by atoms with Gasteiger partial charge in [-0.2, -0.15) is 5.10 Å². The molecule has 2 aromatic carbocycles. The molecule has 3 aromatic rings. The number of methoxy groups -OCH3 is 1. The van der Waals surface area contributed by atoms with Crippen molar-refractivity contribution in [2.75, 3.05) is 39.1 Å². The van der Waals surface area contributed by atoms with Crippen molar-refractivity contribution < 1.29 is 27.4 Å². The lowest BCUT2D eigenvalue weighted by atomic mass is 9.98. The van der Waals surface area contributed by atoms with E-state index in [1.807, 2.05) is 0 Å². The van der Waals surface area contributed by atoms with Crippen LogP contribution < -0.4 is 21.5 Å². The molecule has 6 N–H and O–H groups in total. The number of carbonyl (C=O) groups excluding carboxylic acids is 1. The van der Waals surface area contributed by atoms with E-state index >= 15 is 8.78 Å². The maximum atomic E-state index is 15.3. The van der Waals surface area contributed by atoms with E-state index in [1.165, 1.54) is 19.2 Å². The average Bonchev–Trinajstić information content (AvgIpc) is 3.22. The molecule has 1 aromatic heterocycles. The second kappa shape index (κ2) is 10.8. The van der Waals surface area contributed by atoms with E-state index in [9.17, 15) is 9.18 Å².